The predicted octanol–water partition coefficient (Wildman–Crippen LogP) is 3.42. The normalized spacial score (nSPS) is 21.5. The van der Waals surface area contributed by atoms with E-state index in [0.29, 0.717) is 12.6 Å². The largest absolute Gasteiger partial charge is 0.357 e. The Bertz CT molecular complexity index is 419. The van der Waals surface area contributed by atoms with E-state index in [1.54, 1.807) is 0 Å². The number of hydrogen-bond donors (Lipinski definition) is 2. The lowest BCUT2D eigenvalue weighted by Crippen LogP contribution is -2.39. The van der Waals surface area contributed by atoms with Gasteiger partial charge in [-0.15, -0.1) is 24.0 Å². The molecule has 1 saturated carbocycles. The van der Waals surface area contributed by atoms with E-state index in [4.69, 9.17) is 11.6 Å². The molecule has 2 N–H and O–H groups in total. The van der Waals surface area contributed by atoms with Crippen molar-refractivity contribution in [3.8, 4) is 0 Å². The molecular weight excluding hydrogens is 373 g/mol. The topological polar surface area (TPSA) is 36.4 Å². The van der Waals surface area contributed by atoms with Crippen molar-refractivity contribution in [2.45, 2.75) is 32.9 Å². The van der Waals surface area contributed by atoms with Crippen molar-refractivity contribution in [2.24, 2.45) is 10.9 Å². The quantitative estimate of drug-likeness (QED) is 0.467. The van der Waals surface area contributed by atoms with Crippen LogP contribution in [-0.4, -0.2) is 18.5 Å². The molecule has 2 rings (SSSR count). The van der Waals surface area contributed by atoms with Crippen LogP contribution in [0.5, 0.6) is 0 Å². The molecule has 0 aromatic heterocycles. The zero-order valence-corrected chi connectivity index (χ0v) is 14.4. The van der Waals surface area contributed by atoms with Crippen LogP contribution in [0.15, 0.2) is 29.3 Å². The molecule has 0 saturated heterocycles. The third kappa shape index (κ3) is 5.57. The van der Waals surface area contributed by atoms with Gasteiger partial charge in [-0.2, -0.15) is 0 Å². The summed E-state index contributed by atoms with van der Waals surface area (Å²) in [7, 11) is 0. The lowest BCUT2D eigenvalue weighted by Gasteiger charge is -2.10. The van der Waals surface area contributed by atoms with Crippen molar-refractivity contribution in [1.82, 2.24) is 10.6 Å². The van der Waals surface area contributed by atoms with Crippen LogP contribution in [0.1, 0.15) is 25.8 Å². The molecule has 1 fully saturated rings. The average molecular weight is 394 g/mol. The summed E-state index contributed by atoms with van der Waals surface area (Å²) in [6, 6.07) is 8.41. The molecule has 19 heavy (non-hydrogen) atoms. The van der Waals surface area contributed by atoms with Crippen LogP contribution in [0.3, 0.4) is 0 Å². The van der Waals surface area contributed by atoms with E-state index in [9.17, 15) is 0 Å². The Hall–Kier alpha value is -0.490. The van der Waals surface area contributed by atoms with Gasteiger partial charge in [0.15, 0.2) is 5.96 Å². The molecule has 1 aromatic rings. The number of nitrogens with one attached hydrogen (secondary N) is 2. The third-order valence-corrected chi connectivity index (χ3v) is 3.36. The fourth-order valence-corrected chi connectivity index (χ4v) is 1.90. The first-order valence-corrected chi connectivity index (χ1v) is 6.86. The van der Waals surface area contributed by atoms with Gasteiger partial charge in [-0.05, 0) is 37.0 Å². The van der Waals surface area contributed by atoms with E-state index in [-0.39, 0.29) is 24.0 Å². The highest BCUT2D eigenvalue weighted by molar-refractivity contribution is 14.0. The maximum Gasteiger partial charge on any atom is 0.191 e. The summed E-state index contributed by atoms with van der Waals surface area (Å²) in [5.74, 6) is 1.67. The van der Waals surface area contributed by atoms with Crippen molar-refractivity contribution in [3.05, 3.63) is 34.9 Å². The Morgan fingerprint density at radius 1 is 1.37 bits per heavy atom. The van der Waals surface area contributed by atoms with E-state index in [0.717, 1.165) is 23.4 Å². The fraction of sp³-hybridized carbons (Fsp3) is 0.500. The van der Waals surface area contributed by atoms with Crippen molar-refractivity contribution in [2.75, 3.05) is 6.54 Å². The van der Waals surface area contributed by atoms with Crippen molar-refractivity contribution in [1.29, 1.82) is 0 Å². The first kappa shape index (κ1) is 16.6. The minimum atomic E-state index is 0. The fourth-order valence-electron chi connectivity index (χ4n) is 1.78. The van der Waals surface area contributed by atoms with E-state index >= 15 is 0 Å². The van der Waals surface area contributed by atoms with E-state index in [1.807, 2.05) is 24.3 Å². The molecule has 1 aromatic carbocycles. The summed E-state index contributed by atoms with van der Waals surface area (Å²) in [5.41, 5.74) is 1.17. The Morgan fingerprint density at radius 2 is 2.00 bits per heavy atom. The molecule has 0 bridgehead atoms. The maximum absolute atomic E-state index is 5.86. The van der Waals surface area contributed by atoms with Crippen LogP contribution in [0, 0.1) is 5.92 Å². The van der Waals surface area contributed by atoms with Gasteiger partial charge in [0.05, 0.1) is 6.54 Å². The summed E-state index contributed by atoms with van der Waals surface area (Å²) in [6.07, 6.45) is 1.24. The molecule has 0 spiro atoms. The van der Waals surface area contributed by atoms with Gasteiger partial charge in [-0.3, -0.25) is 0 Å². The Balaban J connectivity index is 0.00000180. The van der Waals surface area contributed by atoms with Gasteiger partial charge < -0.3 is 10.6 Å². The third-order valence-electron chi connectivity index (χ3n) is 3.11. The zero-order valence-electron chi connectivity index (χ0n) is 11.3. The second kappa shape index (κ2) is 7.94. The highest BCUT2D eigenvalue weighted by Crippen LogP contribution is 2.28. The molecular formula is C14H21ClIN3. The first-order chi connectivity index (χ1) is 8.69. The van der Waals surface area contributed by atoms with Crippen molar-refractivity contribution in [3.63, 3.8) is 0 Å². The number of guanidine groups is 1. The SMILES string of the molecule is CCNC(=NCc1ccc(Cl)cc1)NC1CC1C.I. The smallest absolute Gasteiger partial charge is 0.191 e. The highest BCUT2D eigenvalue weighted by Gasteiger charge is 2.33. The molecule has 106 valence electrons. The van der Waals surface area contributed by atoms with E-state index in [2.05, 4.69) is 29.5 Å². The number of halogens is 2. The second-order valence-electron chi connectivity index (χ2n) is 4.79. The van der Waals surface area contributed by atoms with Gasteiger partial charge >= 0.3 is 0 Å². The average Bonchev–Trinajstić information content (AvgIpc) is 3.04. The van der Waals surface area contributed by atoms with Gasteiger partial charge in [0.2, 0.25) is 0 Å². The molecule has 0 radical (unpaired) electrons. The van der Waals surface area contributed by atoms with Gasteiger partial charge in [0, 0.05) is 17.6 Å². The molecule has 3 nitrogen and oxygen atoms in total. The van der Waals surface area contributed by atoms with E-state index < -0.39 is 0 Å². The minimum Gasteiger partial charge on any atom is -0.357 e. The lowest BCUT2D eigenvalue weighted by molar-refractivity contribution is 0.766. The van der Waals surface area contributed by atoms with Gasteiger partial charge in [0.25, 0.3) is 0 Å². The summed E-state index contributed by atoms with van der Waals surface area (Å²) < 4.78 is 0. The molecule has 2 atom stereocenters. The van der Waals surface area contributed by atoms with Crippen LogP contribution >= 0.6 is 35.6 Å². The van der Waals surface area contributed by atoms with Crippen LogP contribution in [0.2, 0.25) is 5.02 Å². The van der Waals surface area contributed by atoms with Crippen LogP contribution in [0.25, 0.3) is 0 Å². The second-order valence-corrected chi connectivity index (χ2v) is 5.22. The number of rotatable bonds is 4. The number of benzene rings is 1. The summed E-state index contributed by atoms with van der Waals surface area (Å²) in [5, 5.41) is 7.47. The Kier molecular flexibility index (Phi) is 6.93. The van der Waals surface area contributed by atoms with Gasteiger partial charge in [-0.25, -0.2) is 4.99 Å². The molecule has 0 heterocycles. The molecule has 5 heteroatoms. The van der Waals surface area contributed by atoms with Crippen LogP contribution < -0.4 is 10.6 Å². The summed E-state index contributed by atoms with van der Waals surface area (Å²) in [4.78, 5) is 4.58. The summed E-state index contributed by atoms with van der Waals surface area (Å²) >= 11 is 5.86. The summed E-state index contributed by atoms with van der Waals surface area (Å²) in [6.45, 7) is 5.89. The Morgan fingerprint density at radius 3 is 2.53 bits per heavy atom. The van der Waals surface area contributed by atoms with Gasteiger partial charge in [0.1, 0.15) is 0 Å². The van der Waals surface area contributed by atoms with Crippen molar-refractivity contribution >= 4 is 41.5 Å². The van der Waals surface area contributed by atoms with Gasteiger partial charge in [-0.1, -0.05) is 30.7 Å². The first-order valence-electron chi connectivity index (χ1n) is 6.48. The number of hydrogen-bond acceptors (Lipinski definition) is 1. The molecule has 1 aliphatic rings. The van der Waals surface area contributed by atoms with E-state index in [1.165, 1.54) is 12.0 Å². The minimum absolute atomic E-state index is 0. The molecule has 1 aliphatic carbocycles. The zero-order chi connectivity index (χ0) is 13.0. The standard InChI is InChI=1S/C14H20ClN3.HI/c1-3-16-14(18-13-8-10(13)2)17-9-11-4-6-12(15)7-5-11;/h4-7,10,13H,3,8-9H2,1-2H3,(H2,16,17,18);1H. The van der Waals surface area contributed by atoms with Crippen LogP contribution in [-0.2, 0) is 6.54 Å². The number of nitrogens with zero attached hydrogens (tertiary/aromatic N) is 1. The Labute approximate surface area is 137 Å². The monoisotopic (exact) mass is 393 g/mol. The van der Waals surface area contributed by atoms with Crippen LogP contribution in [0.4, 0.5) is 0 Å². The lowest BCUT2D eigenvalue weighted by atomic mass is 10.2. The maximum atomic E-state index is 5.86. The number of aliphatic imine (C=N–C) groups is 1. The molecule has 2 unspecified atom stereocenters. The van der Waals surface area contributed by atoms with Crippen molar-refractivity contribution < 1.29 is 0 Å². The molecule has 0 aliphatic heterocycles. The predicted molar refractivity (Wildman–Crippen MR) is 92.4 cm³/mol. The highest BCUT2D eigenvalue weighted by atomic mass is 127. The molecule has 0 amide bonds.